The van der Waals surface area contributed by atoms with E-state index in [1.165, 1.54) is 18.1 Å². The van der Waals surface area contributed by atoms with Gasteiger partial charge in [-0.25, -0.2) is 4.39 Å². The van der Waals surface area contributed by atoms with Crippen molar-refractivity contribution >= 4 is 15.9 Å². The van der Waals surface area contributed by atoms with Crippen LogP contribution in [0.5, 0.6) is 0 Å². The molecule has 1 aliphatic carbocycles. The van der Waals surface area contributed by atoms with Crippen LogP contribution in [0.2, 0.25) is 0 Å². The van der Waals surface area contributed by atoms with Crippen molar-refractivity contribution in [1.29, 1.82) is 0 Å². The molecule has 0 spiro atoms. The Balaban J connectivity index is 1.84. The van der Waals surface area contributed by atoms with Gasteiger partial charge in [0.05, 0.1) is 0 Å². The third-order valence-electron chi connectivity index (χ3n) is 3.64. The van der Waals surface area contributed by atoms with Gasteiger partial charge >= 0.3 is 0 Å². The Morgan fingerprint density at radius 1 is 1.42 bits per heavy atom. The average Bonchev–Trinajstić information content (AvgIpc) is 2.32. The predicted octanol–water partition coefficient (Wildman–Crippen LogP) is 4.67. The summed E-state index contributed by atoms with van der Waals surface area (Å²) in [7, 11) is 0. The molecule has 0 aromatic heterocycles. The zero-order chi connectivity index (χ0) is 13.8. The lowest BCUT2D eigenvalue weighted by atomic mass is 9.84. The van der Waals surface area contributed by atoms with Gasteiger partial charge < -0.3 is 5.32 Å². The standard InChI is InChI=1S/C16H21BrFN/c1-11-5-12(2)7-13(6-11)9-19-10-14-8-15(17)3-4-16(14)18/h3-5,8,11,13,19H,6-7,9-10H2,1-2H3. The second-order valence-electron chi connectivity index (χ2n) is 5.66. The minimum atomic E-state index is -0.135. The second-order valence-corrected chi connectivity index (χ2v) is 6.58. The Labute approximate surface area is 123 Å². The quantitative estimate of drug-likeness (QED) is 0.793. The Morgan fingerprint density at radius 2 is 2.21 bits per heavy atom. The molecule has 2 unspecified atom stereocenters. The van der Waals surface area contributed by atoms with Crippen molar-refractivity contribution in [3.05, 3.63) is 45.7 Å². The van der Waals surface area contributed by atoms with Gasteiger partial charge in [-0.05, 0) is 56.3 Å². The van der Waals surface area contributed by atoms with Crippen LogP contribution in [0.15, 0.2) is 34.3 Å². The summed E-state index contributed by atoms with van der Waals surface area (Å²) in [5, 5.41) is 3.39. The maximum absolute atomic E-state index is 13.6. The summed E-state index contributed by atoms with van der Waals surface area (Å²) < 4.78 is 14.5. The largest absolute Gasteiger partial charge is 0.312 e. The van der Waals surface area contributed by atoms with E-state index in [1.54, 1.807) is 6.07 Å². The highest BCUT2D eigenvalue weighted by Crippen LogP contribution is 2.27. The first-order valence-electron chi connectivity index (χ1n) is 6.86. The molecule has 19 heavy (non-hydrogen) atoms. The van der Waals surface area contributed by atoms with Gasteiger partial charge in [-0.1, -0.05) is 34.5 Å². The fraction of sp³-hybridized carbons (Fsp3) is 0.500. The highest BCUT2D eigenvalue weighted by Gasteiger charge is 2.17. The van der Waals surface area contributed by atoms with Crippen molar-refractivity contribution in [2.75, 3.05) is 6.54 Å². The van der Waals surface area contributed by atoms with Crippen molar-refractivity contribution < 1.29 is 4.39 Å². The molecule has 0 radical (unpaired) electrons. The molecule has 0 heterocycles. The van der Waals surface area contributed by atoms with Crippen LogP contribution < -0.4 is 5.32 Å². The summed E-state index contributed by atoms with van der Waals surface area (Å²) in [6.07, 6.45) is 4.76. The molecule has 1 N–H and O–H groups in total. The van der Waals surface area contributed by atoms with E-state index >= 15 is 0 Å². The van der Waals surface area contributed by atoms with Crippen LogP contribution in [0.3, 0.4) is 0 Å². The lowest BCUT2D eigenvalue weighted by Crippen LogP contribution is -2.26. The molecule has 0 aliphatic heterocycles. The molecule has 1 nitrogen and oxygen atoms in total. The highest BCUT2D eigenvalue weighted by atomic mass is 79.9. The van der Waals surface area contributed by atoms with Gasteiger partial charge in [-0.15, -0.1) is 0 Å². The predicted molar refractivity (Wildman–Crippen MR) is 81.5 cm³/mol. The molecule has 1 aromatic rings. The molecule has 1 aromatic carbocycles. The molecule has 0 amide bonds. The summed E-state index contributed by atoms with van der Waals surface area (Å²) in [6.45, 7) is 6.03. The summed E-state index contributed by atoms with van der Waals surface area (Å²) >= 11 is 3.38. The van der Waals surface area contributed by atoms with Crippen LogP contribution in [0, 0.1) is 17.7 Å². The number of allylic oxidation sites excluding steroid dienone is 2. The zero-order valence-corrected chi connectivity index (χ0v) is 13.1. The van der Waals surface area contributed by atoms with Crippen molar-refractivity contribution in [1.82, 2.24) is 5.32 Å². The van der Waals surface area contributed by atoms with Gasteiger partial charge in [0.15, 0.2) is 0 Å². The normalized spacial score (nSPS) is 23.3. The van der Waals surface area contributed by atoms with Gasteiger partial charge in [0.1, 0.15) is 5.82 Å². The molecule has 0 fully saturated rings. The van der Waals surface area contributed by atoms with E-state index in [0.717, 1.165) is 23.0 Å². The Hall–Kier alpha value is -0.670. The Kier molecular flexibility index (Phi) is 5.17. The molecule has 2 atom stereocenters. The van der Waals surface area contributed by atoms with Crippen molar-refractivity contribution in [2.45, 2.75) is 33.2 Å². The van der Waals surface area contributed by atoms with E-state index in [1.807, 2.05) is 6.07 Å². The molecular weight excluding hydrogens is 305 g/mol. The maximum Gasteiger partial charge on any atom is 0.127 e. The molecule has 1 aliphatic rings. The SMILES string of the molecule is CC1=CC(C)CC(CNCc2cc(Br)ccc2F)C1. The number of hydrogen-bond donors (Lipinski definition) is 1. The maximum atomic E-state index is 13.6. The molecule has 3 heteroatoms. The van der Waals surface area contributed by atoms with Crippen molar-refractivity contribution in [3.63, 3.8) is 0 Å². The van der Waals surface area contributed by atoms with Gasteiger partial charge in [0, 0.05) is 16.6 Å². The van der Waals surface area contributed by atoms with Gasteiger partial charge in [-0.2, -0.15) is 0 Å². The minimum Gasteiger partial charge on any atom is -0.312 e. The second kappa shape index (κ2) is 6.67. The monoisotopic (exact) mass is 325 g/mol. The van der Waals surface area contributed by atoms with Crippen molar-refractivity contribution in [2.24, 2.45) is 11.8 Å². The number of halogens is 2. The number of nitrogens with one attached hydrogen (secondary N) is 1. The van der Waals surface area contributed by atoms with E-state index < -0.39 is 0 Å². The van der Waals surface area contributed by atoms with Gasteiger partial charge in [0.25, 0.3) is 0 Å². The van der Waals surface area contributed by atoms with E-state index in [-0.39, 0.29) is 5.82 Å². The first kappa shape index (κ1) is 14.7. The fourth-order valence-electron chi connectivity index (χ4n) is 2.93. The third-order valence-corrected chi connectivity index (χ3v) is 4.13. The Morgan fingerprint density at radius 3 is 2.95 bits per heavy atom. The van der Waals surface area contributed by atoms with Crippen LogP contribution in [0.25, 0.3) is 0 Å². The summed E-state index contributed by atoms with van der Waals surface area (Å²) in [6, 6.07) is 5.09. The number of benzene rings is 1. The molecule has 0 bridgehead atoms. The first-order chi connectivity index (χ1) is 9.04. The van der Waals surface area contributed by atoms with Crippen LogP contribution in [-0.2, 0) is 6.54 Å². The van der Waals surface area contributed by atoms with Crippen LogP contribution >= 0.6 is 15.9 Å². The molecule has 0 saturated heterocycles. The van der Waals surface area contributed by atoms with E-state index in [0.29, 0.717) is 18.4 Å². The molecular formula is C16H21BrFN. The number of hydrogen-bond acceptors (Lipinski definition) is 1. The fourth-order valence-corrected chi connectivity index (χ4v) is 3.34. The van der Waals surface area contributed by atoms with E-state index in [2.05, 4.69) is 41.2 Å². The average molecular weight is 326 g/mol. The number of rotatable bonds is 4. The summed E-state index contributed by atoms with van der Waals surface area (Å²) in [5.41, 5.74) is 2.21. The van der Waals surface area contributed by atoms with Crippen LogP contribution in [0.4, 0.5) is 4.39 Å². The first-order valence-corrected chi connectivity index (χ1v) is 7.66. The summed E-state index contributed by atoms with van der Waals surface area (Å²) in [4.78, 5) is 0. The molecule has 2 rings (SSSR count). The van der Waals surface area contributed by atoms with Crippen LogP contribution in [-0.4, -0.2) is 6.54 Å². The minimum absolute atomic E-state index is 0.135. The van der Waals surface area contributed by atoms with E-state index in [9.17, 15) is 4.39 Å². The highest BCUT2D eigenvalue weighted by molar-refractivity contribution is 9.10. The smallest absolute Gasteiger partial charge is 0.127 e. The van der Waals surface area contributed by atoms with Gasteiger partial charge in [0.2, 0.25) is 0 Å². The lowest BCUT2D eigenvalue weighted by molar-refractivity contribution is 0.380. The van der Waals surface area contributed by atoms with Gasteiger partial charge in [-0.3, -0.25) is 0 Å². The zero-order valence-electron chi connectivity index (χ0n) is 11.5. The van der Waals surface area contributed by atoms with Crippen LogP contribution in [0.1, 0.15) is 32.3 Å². The molecule has 104 valence electrons. The molecule has 0 saturated carbocycles. The Bertz CT molecular complexity index is 470. The summed E-state index contributed by atoms with van der Waals surface area (Å²) in [5.74, 6) is 1.21. The van der Waals surface area contributed by atoms with Crippen molar-refractivity contribution in [3.8, 4) is 0 Å². The van der Waals surface area contributed by atoms with E-state index in [4.69, 9.17) is 0 Å². The third kappa shape index (κ3) is 4.43. The lowest BCUT2D eigenvalue weighted by Gasteiger charge is -2.25. The topological polar surface area (TPSA) is 12.0 Å².